The van der Waals surface area contributed by atoms with Crippen LogP contribution in [0.5, 0.6) is 0 Å². The molecule has 0 saturated carbocycles. The van der Waals surface area contributed by atoms with Crippen molar-refractivity contribution in [3.63, 3.8) is 0 Å². The molecule has 1 heterocycles. The van der Waals surface area contributed by atoms with Gasteiger partial charge in [0.25, 0.3) is 0 Å². The van der Waals surface area contributed by atoms with Gasteiger partial charge in [-0.3, -0.25) is 4.79 Å². The molecule has 2 aromatic rings. The molecule has 0 amide bonds. The van der Waals surface area contributed by atoms with E-state index < -0.39 is 0 Å². The van der Waals surface area contributed by atoms with Gasteiger partial charge in [0.05, 0.1) is 0 Å². The predicted molar refractivity (Wildman–Crippen MR) is 77.2 cm³/mol. The zero-order valence-corrected chi connectivity index (χ0v) is 11.1. The third-order valence-electron chi connectivity index (χ3n) is 2.69. The average molecular weight is 252 g/mol. The van der Waals surface area contributed by atoms with Gasteiger partial charge in [-0.2, -0.15) is 0 Å². The van der Waals surface area contributed by atoms with E-state index in [4.69, 9.17) is 0 Å². The Labute approximate surface area is 113 Å². The first-order chi connectivity index (χ1) is 9.15. The average Bonchev–Trinajstić information content (AvgIpc) is 2.39. The second-order valence-electron chi connectivity index (χ2n) is 4.37. The summed E-state index contributed by atoms with van der Waals surface area (Å²) in [5, 5.41) is 2.99. The summed E-state index contributed by atoms with van der Waals surface area (Å²) in [6, 6.07) is 13.2. The molecule has 0 atom stereocenters. The van der Waals surface area contributed by atoms with Crippen LogP contribution in [0.1, 0.15) is 21.6 Å². The van der Waals surface area contributed by atoms with E-state index in [1.807, 2.05) is 56.3 Å². The molecule has 1 aromatic carbocycles. The first-order valence-electron chi connectivity index (χ1n) is 6.13. The number of hydrogen-bond acceptors (Lipinski definition) is 3. The van der Waals surface area contributed by atoms with Crippen LogP contribution >= 0.6 is 0 Å². The monoisotopic (exact) mass is 252 g/mol. The number of anilines is 1. The second kappa shape index (κ2) is 5.96. The highest BCUT2D eigenvalue weighted by atomic mass is 16.1. The van der Waals surface area contributed by atoms with Crippen molar-refractivity contribution in [2.24, 2.45) is 0 Å². The maximum atomic E-state index is 11.9. The van der Waals surface area contributed by atoms with Gasteiger partial charge in [0.1, 0.15) is 5.82 Å². The Bertz CT molecular complexity index is 600. The predicted octanol–water partition coefficient (Wildman–Crippen LogP) is 3.51. The lowest BCUT2D eigenvalue weighted by Gasteiger charge is -2.00. The maximum absolute atomic E-state index is 11.9. The third-order valence-corrected chi connectivity index (χ3v) is 2.69. The normalized spacial score (nSPS) is 10.6. The number of rotatable bonds is 4. The highest BCUT2D eigenvalue weighted by Gasteiger charge is 2.00. The van der Waals surface area contributed by atoms with Crippen LogP contribution in [0, 0.1) is 13.8 Å². The van der Waals surface area contributed by atoms with Crippen LogP contribution in [-0.4, -0.2) is 10.8 Å². The van der Waals surface area contributed by atoms with Gasteiger partial charge >= 0.3 is 0 Å². The molecular weight excluding hydrogens is 236 g/mol. The topological polar surface area (TPSA) is 42.0 Å². The van der Waals surface area contributed by atoms with Crippen LogP contribution in [0.4, 0.5) is 5.82 Å². The quantitative estimate of drug-likeness (QED) is 0.669. The standard InChI is InChI=1S/C16H16N2O/c1-12-6-8-14(9-7-12)15(19)10-11-17-16-5-3-4-13(2)18-16/h3-11H,1-2H3,(H,17,18). The van der Waals surface area contributed by atoms with Crippen molar-refractivity contribution in [3.8, 4) is 0 Å². The first-order valence-corrected chi connectivity index (χ1v) is 6.13. The Balaban J connectivity index is 1.99. The van der Waals surface area contributed by atoms with Crippen molar-refractivity contribution in [1.82, 2.24) is 4.98 Å². The van der Waals surface area contributed by atoms with Gasteiger partial charge in [0.15, 0.2) is 5.78 Å². The fraction of sp³-hybridized carbons (Fsp3) is 0.125. The van der Waals surface area contributed by atoms with Gasteiger partial charge in [-0.05, 0) is 26.0 Å². The Morgan fingerprint density at radius 3 is 2.53 bits per heavy atom. The highest BCUT2D eigenvalue weighted by molar-refractivity contribution is 6.04. The third kappa shape index (κ3) is 3.78. The molecule has 0 unspecified atom stereocenters. The number of nitrogens with zero attached hydrogens (tertiary/aromatic N) is 1. The number of aryl methyl sites for hydroxylation is 2. The fourth-order valence-corrected chi connectivity index (χ4v) is 1.64. The fourth-order valence-electron chi connectivity index (χ4n) is 1.64. The number of aromatic nitrogens is 1. The Kier molecular flexibility index (Phi) is 4.08. The summed E-state index contributed by atoms with van der Waals surface area (Å²) in [7, 11) is 0. The highest BCUT2D eigenvalue weighted by Crippen LogP contribution is 2.06. The van der Waals surface area contributed by atoms with E-state index in [9.17, 15) is 4.79 Å². The van der Waals surface area contributed by atoms with Gasteiger partial charge in [-0.15, -0.1) is 0 Å². The molecule has 0 aliphatic rings. The molecule has 0 fully saturated rings. The summed E-state index contributed by atoms with van der Waals surface area (Å²) < 4.78 is 0. The molecule has 0 bridgehead atoms. The number of allylic oxidation sites excluding steroid dienone is 1. The van der Waals surface area contributed by atoms with Crippen molar-refractivity contribution < 1.29 is 4.79 Å². The maximum Gasteiger partial charge on any atom is 0.187 e. The molecule has 19 heavy (non-hydrogen) atoms. The van der Waals surface area contributed by atoms with Crippen LogP contribution in [0.15, 0.2) is 54.7 Å². The molecular formula is C16H16N2O. The zero-order valence-electron chi connectivity index (χ0n) is 11.1. The summed E-state index contributed by atoms with van der Waals surface area (Å²) in [4.78, 5) is 16.1. The van der Waals surface area contributed by atoms with Crippen LogP contribution < -0.4 is 5.32 Å². The van der Waals surface area contributed by atoms with Crippen molar-refractivity contribution in [3.05, 3.63) is 71.6 Å². The van der Waals surface area contributed by atoms with E-state index in [0.29, 0.717) is 5.56 Å². The number of pyridine rings is 1. The number of carbonyl (C=O) groups is 1. The van der Waals surface area contributed by atoms with Crippen LogP contribution in [0.25, 0.3) is 0 Å². The molecule has 1 N–H and O–H groups in total. The van der Waals surface area contributed by atoms with Crippen molar-refractivity contribution in [2.45, 2.75) is 13.8 Å². The number of ketones is 1. The molecule has 0 saturated heterocycles. The Morgan fingerprint density at radius 1 is 1.11 bits per heavy atom. The van der Waals surface area contributed by atoms with E-state index >= 15 is 0 Å². The van der Waals surface area contributed by atoms with Gasteiger partial charge < -0.3 is 5.32 Å². The number of nitrogens with one attached hydrogen (secondary N) is 1. The minimum atomic E-state index is -0.0276. The molecule has 0 radical (unpaired) electrons. The van der Waals surface area contributed by atoms with E-state index in [1.165, 1.54) is 6.08 Å². The van der Waals surface area contributed by atoms with E-state index in [-0.39, 0.29) is 5.78 Å². The Morgan fingerprint density at radius 2 is 1.84 bits per heavy atom. The van der Waals surface area contributed by atoms with Gasteiger partial charge in [-0.1, -0.05) is 35.9 Å². The van der Waals surface area contributed by atoms with Gasteiger partial charge in [-0.25, -0.2) is 4.98 Å². The molecule has 0 aliphatic heterocycles. The van der Waals surface area contributed by atoms with Crippen molar-refractivity contribution >= 4 is 11.6 Å². The molecule has 3 nitrogen and oxygen atoms in total. The Hall–Kier alpha value is -2.42. The van der Waals surface area contributed by atoms with Crippen LogP contribution in [0.2, 0.25) is 0 Å². The molecule has 96 valence electrons. The lowest BCUT2D eigenvalue weighted by molar-refractivity contribution is 0.104. The number of hydrogen-bond donors (Lipinski definition) is 1. The molecule has 1 aromatic heterocycles. The number of benzene rings is 1. The summed E-state index contributed by atoms with van der Waals surface area (Å²) in [6.45, 7) is 3.92. The molecule has 2 rings (SSSR count). The molecule has 0 spiro atoms. The van der Waals surface area contributed by atoms with Crippen LogP contribution in [0.3, 0.4) is 0 Å². The summed E-state index contributed by atoms with van der Waals surface area (Å²) >= 11 is 0. The summed E-state index contributed by atoms with van der Waals surface area (Å²) in [5.74, 6) is 0.702. The largest absolute Gasteiger partial charge is 0.347 e. The first kappa shape index (κ1) is 13.0. The van der Waals surface area contributed by atoms with Gasteiger partial charge in [0, 0.05) is 23.5 Å². The molecule has 3 heteroatoms. The minimum Gasteiger partial charge on any atom is -0.347 e. The smallest absolute Gasteiger partial charge is 0.187 e. The minimum absolute atomic E-state index is 0.0276. The molecule has 0 aliphatic carbocycles. The lowest BCUT2D eigenvalue weighted by atomic mass is 10.1. The number of carbonyl (C=O) groups excluding carboxylic acids is 1. The second-order valence-corrected chi connectivity index (χ2v) is 4.37. The van der Waals surface area contributed by atoms with E-state index in [0.717, 1.165) is 17.1 Å². The zero-order chi connectivity index (χ0) is 13.7. The summed E-state index contributed by atoms with van der Waals surface area (Å²) in [5.41, 5.74) is 2.76. The van der Waals surface area contributed by atoms with E-state index in [2.05, 4.69) is 10.3 Å². The SMILES string of the molecule is Cc1ccc(C(=O)C=CNc2cccc(C)n2)cc1. The van der Waals surface area contributed by atoms with Gasteiger partial charge in [0.2, 0.25) is 0 Å². The van der Waals surface area contributed by atoms with E-state index in [1.54, 1.807) is 6.20 Å². The summed E-state index contributed by atoms with van der Waals surface area (Å²) in [6.07, 6.45) is 3.12. The van der Waals surface area contributed by atoms with Crippen LogP contribution in [-0.2, 0) is 0 Å². The van der Waals surface area contributed by atoms with Crippen molar-refractivity contribution in [2.75, 3.05) is 5.32 Å². The van der Waals surface area contributed by atoms with Crippen molar-refractivity contribution in [1.29, 1.82) is 0 Å². The lowest BCUT2D eigenvalue weighted by Crippen LogP contribution is -1.97.